The SMILES string of the molecule is COc1ccccc1-c1cc2nc(C)c(CCC(=O)NCCCN3CCN(c4cccc(Cl)c4)CC3)c(C)n2n1. The Morgan fingerprint density at radius 2 is 1.85 bits per heavy atom. The Hall–Kier alpha value is -3.62. The van der Waals surface area contributed by atoms with Gasteiger partial charge in [-0.2, -0.15) is 5.10 Å². The minimum absolute atomic E-state index is 0.0693. The van der Waals surface area contributed by atoms with Gasteiger partial charge in [-0.1, -0.05) is 29.8 Å². The third kappa shape index (κ3) is 6.40. The number of halogens is 1. The van der Waals surface area contributed by atoms with Crippen molar-refractivity contribution in [2.24, 2.45) is 0 Å². The number of methoxy groups -OCH3 is 1. The average Bonchev–Trinajstić information content (AvgIpc) is 3.39. The van der Waals surface area contributed by atoms with Gasteiger partial charge in [-0.05, 0) is 69.1 Å². The molecule has 1 amide bonds. The predicted octanol–water partition coefficient (Wildman–Crippen LogP) is 4.94. The van der Waals surface area contributed by atoms with E-state index in [9.17, 15) is 4.79 Å². The highest BCUT2D eigenvalue weighted by Crippen LogP contribution is 2.30. The van der Waals surface area contributed by atoms with E-state index in [2.05, 4.69) is 21.2 Å². The monoisotopic (exact) mass is 560 g/mol. The molecule has 2 aromatic carbocycles. The molecule has 0 aliphatic carbocycles. The molecule has 1 aliphatic heterocycles. The predicted molar refractivity (Wildman–Crippen MR) is 161 cm³/mol. The van der Waals surface area contributed by atoms with Crippen LogP contribution in [0.2, 0.25) is 5.02 Å². The Kier molecular flexibility index (Phi) is 8.87. The molecule has 0 spiro atoms. The van der Waals surface area contributed by atoms with E-state index in [0.29, 0.717) is 19.4 Å². The molecule has 4 aromatic rings. The molecule has 5 rings (SSSR count). The minimum Gasteiger partial charge on any atom is -0.496 e. The molecule has 0 atom stereocenters. The number of nitrogens with zero attached hydrogens (tertiary/aromatic N) is 5. The van der Waals surface area contributed by atoms with Gasteiger partial charge in [-0.15, -0.1) is 0 Å². The van der Waals surface area contributed by atoms with Crippen molar-refractivity contribution in [2.75, 3.05) is 51.3 Å². The van der Waals surface area contributed by atoms with Crippen LogP contribution in [0.1, 0.15) is 29.8 Å². The molecule has 2 aromatic heterocycles. The Balaban J connectivity index is 1.09. The van der Waals surface area contributed by atoms with Crippen molar-refractivity contribution in [1.29, 1.82) is 0 Å². The maximum absolute atomic E-state index is 12.6. The van der Waals surface area contributed by atoms with Crippen molar-refractivity contribution in [3.05, 3.63) is 76.6 Å². The molecule has 1 N–H and O–H groups in total. The van der Waals surface area contributed by atoms with Crippen molar-refractivity contribution in [3.8, 4) is 17.0 Å². The molecule has 40 heavy (non-hydrogen) atoms. The fourth-order valence-corrected chi connectivity index (χ4v) is 5.62. The molecule has 0 saturated carbocycles. The van der Waals surface area contributed by atoms with Gasteiger partial charge in [0.2, 0.25) is 5.91 Å². The van der Waals surface area contributed by atoms with Crippen LogP contribution in [-0.4, -0.2) is 71.8 Å². The maximum Gasteiger partial charge on any atom is 0.220 e. The van der Waals surface area contributed by atoms with Crippen LogP contribution in [0.4, 0.5) is 5.69 Å². The number of piperazine rings is 1. The highest BCUT2D eigenvalue weighted by atomic mass is 35.5. The average molecular weight is 561 g/mol. The molecule has 8 nitrogen and oxygen atoms in total. The summed E-state index contributed by atoms with van der Waals surface area (Å²) in [6.45, 7) is 9.71. The Morgan fingerprint density at radius 3 is 2.62 bits per heavy atom. The van der Waals surface area contributed by atoms with E-state index in [0.717, 1.165) is 83.8 Å². The van der Waals surface area contributed by atoms with Crippen molar-refractivity contribution in [1.82, 2.24) is 24.8 Å². The molecule has 0 radical (unpaired) electrons. The number of para-hydroxylation sites is 1. The largest absolute Gasteiger partial charge is 0.496 e. The first-order valence-corrected chi connectivity index (χ1v) is 14.3. The highest BCUT2D eigenvalue weighted by Gasteiger charge is 2.18. The van der Waals surface area contributed by atoms with E-state index in [4.69, 9.17) is 26.4 Å². The smallest absolute Gasteiger partial charge is 0.220 e. The molecule has 0 unspecified atom stereocenters. The number of amides is 1. The maximum atomic E-state index is 12.6. The number of fused-ring (bicyclic) bond motifs is 1. The van der Waals surface area contributed by atoms with Crippen LogP contribution in [0.25, 0.3) is 16.9 Å². The van der Waals surface area contributed by atoms with Gasteiger partial charge in [0.25, 0.3) is 0 Å². The Morgan fingerprint density at radius 1 is 1.05 bits per heavy atom. The summed E-state index contributed by atoms with van der Waals surface area (Å²) >= 11 is 6.15. The normalized spacial score (nSPS) is 14.1. The van der Waals surface area contributed by atoms with E-state index in [1.54, 1.807) is 7.11 Å². The zero-order chi connectivity index (χ0) is 28.1. The van der Waals surface area contributed by atoms with Crippen LogP contribution in [0, 0.1) is 13.8 Å². The van der Waals surface area contributed by atoms with Gasteiger partial charge in [0, 0.05) is 72.9 Å². The molecular formula is C31H37ClN6O2. The fraction of sp³-hybridized carbons (Fsp3) is 0.387. The number of rotatable bonds is 10. The van der Waals surface area contributed by atoms with Crippen molar-refractivity contribution < 1.29 is 9.53 Å². The third-order valence-corrected chi connectivity index (χ3v) is 7.90. The summed E-state index contributed by atoms with van der Waals surface area (Å²) in [4.78, 5) is 22.3. The first kappa shape index (κ1) is 27.9. The van der Waals surface area contributed by atoms with Crippen LogP contribution in [-0.2, 0) is 11.2 Å². The number of ether oxygens (including phenoxy) is 1. The Labute approximate surface area is 240 Å². The lowest BCUT2D eigenvalue weighted by Gasteiger charge is -2.36. The lowest BCUT2D eigenvalue weighted by Crippen LogP contribution is -2.47. The van der Waals surface area contributed by atoms with E-state index in [-0.39, 0.29) is 5.91 Å². The lowest BCUT2D eigenvalue weighted by atomic mass is 10.1. The number of anilines is 1. The second-order valence-corrected chi connectivity index (χ2v) is 10.7. The summed E-state index contributed by atoms with van der Waals surface area (Å²) < 4.78 is 7.38. The number of hydrogen-bond acceptors (Lipinski definition) is 6. The van der Waals surface area contributed by atoms with E-state index in [1.165, 1.54) is 5.69 Å². The minimum atomic E-state index is 0.0693. The zero-order valence-electron chi connectivity index (χ0n) is 23.5. The summed E-state index contributed by atoms with van der Waals surface area (Å²) in [5.74, 6) is 0.844. The van der Waals surface area contributed by atoms with E-state index >= 15 is 0 Å². The van der Waals surface area contributed by atoms with Crippen molar-refractivity contribution >= 4 is 28.8 Å². The molecule has 0 bridgehead atoms. The van der Waals surface area contributed by atoms with Crippen molar-refractivity contribution in [2.45, 2.75) is 33.1 Å². The van der Waals surface area contributed by atoms with E-state index in [1.807, 2.05) is 66.9 Å². The van der Waals surface area contributed by atoms with Gasteiger partial charge >= 0.3 is 0 Å². The summed E-state index contributed by atoms with van der Waals surface area (Å²) in [6.07, 6.45) is 1.99. The number of carbonyl (C=O) groups is 1. The van der Waals surface area contributed by atoms with Crippen LogP contribution >= 0.6 is 11.6 Å². The number of aryl methyl sites for hydroxylation is 2. The lowest BCUT2D eigenvalue weighted by molar-refractivity contribution is -0.121. The summed E-state index contributed by atoms with van der Waals surface area (Å²) in [5.41, 5.74) is 6.72. The first-order chi connectivity index (χ1) is 19.4. The quantitative estimate of drug-likeness (QED) is 0.277. The van der Waals surface area contributed by atoms with Crippen molar-refractivity contribution in [3.63, 3.8) is 0 Å². The fourth-order valence-electron chi connectivity index (χ4n) is 5.44. The third-order valence-electron chi connectivity index (χ3n) is 7.67. The molecule has 1 saturated heterocycles. The zero-order valence-corrected chi connectivity index (χ0v) is 24.2. The van der Waals surface area contributed by atoms with Gasteiger partial charge in [0.15, 0.2) is 5.65 Å². The molecular weight excluding hydrogens is 524 g/mol. The highest BCUT2D eigenvalue weighted by molar-refractivity contribution is 6.30. The van der Waals surface area contributed by atoms with Crippen LogP contribution < -0.4 is 15.0 Å². The van der Waals surface area contributed by atoms with E-state index < -0.39 is 0 Å². The number of benzene rings is 2. The molecule has 3 heterocycles. The molecule has 1 fully saturated rings. The van der Waals surface area contributed by atoms with Gasteiger partial charge in [-0.3, -0.25) is 9.69 Å². The second-order valence-electron chi connectivity index (χ2n) is 10.3. The summed E-state index contributed by atoms with van der Waals surface area (Å²) in [7, 11) is 1.66. The van der Waals surface area contributed by atoms with Gasteiger partial charge < -0.3 is 15.0 Å². The topological polar surface area (TPSA) is 75.0 Å². The van der Waals surface area contributed by atoms with Crippen LogP contribution in [0.5, 0.6) is 5.75 Å². The summed E-state index contributed by atoms with van der Waals surface area (Å²) in [5, 5.41) is 8.69. The van der Waals surface area contributed by atoms with Crippen LogP contribution in [0.15, 0.2) is 54.6 Å². The second kappa shape index (κ2) is 12.7. The van der Waals surface area contributed by atoms with Crippen LogP contribution in [0.3, 0.4) is 0 Å². The summed E-state index contributed by atoms with van der Waals surface area (Å²) in [6, 6.07) is 17.9. The Bertz CT molecular complexity index is 1480. The number of aromatic nitrogens is 3. The number of hydrogen-bond donors (Lipinski definition) is 1. The van der Waals surface area contributed by atoms with Gasteiger partial charge in [0.05, 0.1) is 12.8 Å². The van der Waals surface area contributed by atoms with Gasteiger partial charge in [0.1, 0.15) is 5.75 Å². The molecule has 1 aliphatic rings. The standard InChI is InChI=1S/C31H37ClN6O2/c1-22-26(23(2)38-30(34-22)21-28(35-38)27-10-4-5-11-29(27)40-3)12-13-31(39)33-14-7-15-36-16-18-37(19-17-36)25-9-6-8-24(32)20-25/h4-6,8-11,20-21H,7,12-19H2,1-3H3,(H,33,39). The van der Waals surface area contributed by atoms with Gasteiger partial charge in [-0.25, -0.2) is 9.50 Å². The molecule has 210 valence electrons. The number of nitrogens with one attached hydrogen (secondary N) is 1. The number of carbonyl (C=O) groups excluding carboxylic acids is 1. The molecule has 9 heteroatoms. The first-order valence-electron chi connectivity index (χ1n) is 13.9.